The Morgan fingerprint density at radius 3 is 2.50 bits per heavy atom. The molecule has 2 aromatic rings. The van der Waals surface area contributed by atoms with E-state index < -0.39 is 10.0 Å². The predicted molar refractivity (Wildman–Crippen MR) is 107 cm³/mol. The standard InChI is InChI=1S/C20H21N3O4S/c1-12-18-11-17(10-14-4-3-9-23(19(14)18)20(12)25)28(26,27)22-16-7-5-15(6-8-16)21-13(2)24/h5-8,10-12,22H,3-4,9H2,1-2H3,(H,21,24)/t12-/m1/s1. The van der Waals surface area contributed by atoms with E-state index in [-0.39, 0.29) is 22.6 Å². The molecule has 0 saturated carbocycles. The second-order valence-electron chi connectivity index (χ2n) is 7.20. The van der Waals surface area contributed by atoms with Crippen LogP contribution in [0.15, 0.2) is 41.3 Å². The van der Waals surface area contributed by atoms with Gasteiger partial charge in [-0.25, -0.2) is 8.42 Å². The number of carbonyl (C=O) groups excluding carboxylic acids is 2. The Bertz CT molecular complexity index is 1080. The number of nitrogens with one attached hydrogen (secondary N) is 2. The van der Waals surface area contributed by atoms with Gasteiger partial charge in [-0.15, -0.1) is 0 Å². The fraction of sp³-hybridized carbons (Fsp3) is 0.300. The van der Waals surface area contributed by atoms with Gasteiger partial charge in [0.2, 0.25) is 11.8 Å². The zero-order valence-electron chi connectivity index (χ0n) is 15.7. The highest BCUT2D eigenvalue weighted by molar-refractivity contribution is 7.92. The summed E-state index contributed by atoms with van der Waals surface area (Å²) in [7, 11) is -3.80. The number of sulfonamides is 1. The van der Waals surface area contributed by atoms with Crippen LogP contribution in [0.5, 0.6) is 0 Å². The maximum Gasteiger partial charge on any atom is 0.261 e. The second-order valence-corrected chi connectivity index (χ2v) is 8.88. The molecular weight excluding hydrogens is 378 g/mol. The molecule has 0 fully saturated rings. The SMILES string of the molecule is CC(=O)Nc1ccc(NS(=O)(=O)c2cc3c4c(c2)[C@@H](C)C(=O)N4CCC3)cc1. The predicted octanol–water partition coefficient (Wildman–Crippen LogP) is 2.84. The molecule has 0 saturated heterocycles. The monoisotopic (exact) mass is 399 g/mol. The van der Waals surface area contributed by atoms with Crippen molar-refractivity contribution in [3.63, 3.8) is 0 Å². The second kappa shape index (κ2) is 6.63. The molecule has 0 aliphatic carbocycles. The van der Waals surface area contributed by atoms with Gasteiger partial charge < -0.3 is 10.2 Å². The Morgan fingerprint density at radius 1 is 1.14 bits per heavy atom. The van der Waals surface area contributed by atoms with Crippen LogP contribution in [0.1, 0.15) is 37.3 Å². The average molecular weight is 399 g/mol. The Balaban J connectivity index is 1.66. The van der Waals surface area contributed by atoms with Crippen LogP contribution < -0.4 is 14.9 Å². The van der Waals surface area contributed by atoms with Crippen LogP contribution in [0.25, 0.3) is 0 Å². The topological polar surface area (TPSA) is 95.6 Å². The summed E-state index contributed by atoms with van der Waals surface area (Å²) in [4.78, 5) is 25.5. The molecule has 2 aromatic carbocycles. The Kier molecular flexibility index (Phi) is 4.38. The summed E-state index contributed by atoms with van der Waals surface area (Å²) >= 11 is 0. The molecule has 0 radical (unpaired) electrons. The first-order valence-electron chi connectivity index (χ1n) is 9.15. The largest absolute Gasteiger partial charge is 0.326 e. The van der Waals surface area contributed by atoms with Crippen LogP contribution in [0.4, 0.5) is 17.1 Å². The fourth-order valence-corrected chi connectivity index (χ4v) is 5.00. The third kappa shape index (κ3) is 3.13. The third-order valence-corrected chi connectivity index (χ3v) is 6.52. The number of aryl methyl sites for hydroxylation is 1. The van der Waals surface area contributed by atoms with Crippen LogP contribution in [-0.4, -0.2) is 26.8 Å². The zero-order valence-corrected chi connectivity index (χ0v) is 16.5. The molecule has 28 heavy (non-hydrogen) atoms. The van der Waals surface area contributed by atoms with Crippen molar-refractivity contribution in [2.45, 2.75) is 37.5 Å². The van der Waals surface area contributed by atoms with Crippen LogP contribution in [-0.2, 0) is 26.0 Å². The van der Waals surface area contributed by atoms with E-state index in [1.54, 1.807) is 41.3 Å². The summed E-state index contributed by atoms with van der Waals surface area (Å²) < 4.78 is 28.5. The molecule has 7 nitrogen and oxygen atoms in total. The lowest BCUT2D eigenvalue weighted by Gasteiger charge is -2.26. The van der Waals surface area contributed by atoms with E-state index in [1.807, 2.05) is 6.92 Å². The number of carbonyl (C=O) groups is 2. The smallest absolute Gasteiger partial charge is 0.261 e. The molecule has 2 N–H and O–H groups in total. The van der Waals surface area contributed by atoms with Gasteiger partial charge in [-0.1, -0.05) is 0 Å². The molecule has 0 spiro atoms. The van der Waals surface area contributed by atoms with Crippen LogP contribution in [0.2, 0.25) is 0 Å². The van der Waals surface area contributed by atoms with Gasteiger partial charge >= 0.3 is 0 Å². The van der Waals surface area contributed by atoms with Crippen molar-refractivity contribution in [2.75, 3.05) is 21.5 Å². The third-order valence-electron chi connectivity index (χ3n) is 5.16. The number of rotatable bonds is 4. The molecule has 4 rings (SSSR count). The number of nitrogens with zero attached hydrogens (tertiary/aromatic N) is 1. The summed E-state index contributed by atoms with van der Waals surface area (Å²) in [6, 6.07) is 9.72. The number of hydrogen-bond donors (Lipinski definition) is 2. The lowest BCUT2D eigenvalue weighted by molar-refractivity contribution is -0.119. The summed E-state index contributed by atoms with van der Waals surface area (Å²) in [5, 5.41) is 2.64. The lowest BCUT2D eigenvalue weighted by Crippen LogP contribution is -2.32. The van der Waals surface area contributed by atoms with Crippen molar-refractivity contribution in [1.29, 1.82) is 0 Å². The molecule has 2 amide bonds. The average Bonchev–Trinajstić information content (AvgIpc) is 2.89. The molecule has 146 valence electrons. The highest BCUT2D eigenvalue weighted by Gasteiger charge is 2.38. The number of benzene rings is 2. The van der Waals surface area contributed by atoms with Crippen LogP contribution in [0, 0.1) is 0 Å². The summed E-state index contributed by atoms with van der Waals surface area (Å²) in [5.41, 5.74) is 3.56. The van der Waals surface area contributed by atoms with Gasteiger partial charge in [-0.3, -0.25) is 14.3 Å². The van der Waals surface area contributed by atoms with Gasteiger partial charge in [0.25, 0.3) is 10.0 Å². The number of hydrogen-bond acceptors (Lipinski definition) is 4. The normalized spacial score (nSPS) is 18.0. The number of anilines is 3. The molecule has 2 aliphatic heterocycles. The van der Waals surface area contributed by atoms with Crippen molar-refractivity contribution in [3.8, 4) is 0 Å². The van der Waals surface area contributed by atoms with E-state index >= 15 is 0 Å². The Hall–Kier alpha value is -2.87. The molecule has 8 heteroatoms. The Labute approximate surface area is 163 Å². The van der Waals surface area contributed by atoms with Gasteiger partial charge in [-0.05, 0) is 67.3 Å². The molecule has 2 aliphatic rings. The first kappa shape index (κ1) is 18.5. The maximum atomic E-state index is 12.9. The Morgan fingerprint density at radius 2 is 1.82 bits per heavy atom. The van der Waals surface area contributed by atoms with E-state index in [0.29, 0.717) is 17.9 Å². The molecule has 1 atom stereocenters. The summed E-state index contributed by atoms with van der Waals surface area (Å²) in [6.45, 7) is 3.92. The minimum absolute atomic E-state index is 0.0343. The van der Waals surface area contributed by atoms with E-state index in [0.717, 1.165) is 29.7 Å². The molecular formula is C20H21N3O4S. The van der Waals surface area contributed by atoms with Crippen LogP contribution in [0.3, 0.4) is 0 Å². The molecule has 0 aromatic heterocycles. The quantitative estimate of drug-likeness (QED) is 0.826. The maximum absolute atomic E-state index is 12.9. The van der Waals surface area contributed by atoms with E-state index in [4.69, 9.17) is 0 Å². The van der Waals surface area contributed by atoms with Gasteiger partial charge in [0.05, 0.1) is 16.5 Å². The molecule has 0 unspecified atom stereocenters. The molecule has 2 heterocycles. The van der Waals surface area contributed by atoms with Gasteiger partial charge in [0, 0.05) is 24.8 Å². The van der Waals surface area contributed by atoms with Crippen LogP contribution >= 0.6 is 0 Å². The number of amides is 2. The zero-order chi connectivity index (χ0) is 20.1. The lowest BCUT2D eigenvalue weighted by atomic mass is 9.97. The van der Waals surface area contributed by atoms with E-state index in [9.17, 15) is 18.0 Å². The molecule has 0 bridgehead atoms. The van der Waals surface area contributed by atoms with Crippen molar-refractivity contribution < 1.29 is 18.0 Å². The summed E-state index contributed by atoms with van der Waals surface area (Å²) in [6.07, 6.45) is 1.58. The fourth-order valence-electron chi connectivity index (χ4n) is 3.86. The highest BCUT2D eigenvalue weighted by atomic mass is 32.2. The van der Waals surface area contributed by atoms with Crippen molar-refractivity contribution in [1.82, 2.24) is 0 Å². The van der Waals surface area contributed by atoms with Gasteiger partial charge in [0.15, 0.2) is 0 Å². The van der Waals surface area contributed by atoms with E-state index in [2.05, 4.69) is 10.0 Å². The highest BCUT2D eigenvalue weighted by Crippen LogP contribution is 2.44. The first-order valence-corrected chi connectivity index (χ1v) is 10.6. The minimum Gasteiger partial charge on any atom is -0.326 e. The summed E-state index contributed by atoms with van der Waals surface area (Å²) in [5.74, 6) is -0.496. The van der Waals surface area contributed by atoms with Crippen molar-refractivity contribution in [2.24, 2.45) is 0 Å². The van der Waals surface area contributed by atoms with Gasteiger partial charge in [-0.2, -0.15) is 0 Å². The van der Waals surface area contributed by atoms with E-state index in [1.165, 1.54) is 6.92 Å². The first-order chi connectivity index (χ1) is 13.3. The van der Waals surface area contributed by atoms with Crippen molar-refractivity contribution >= 4 is 38.9 Å². The van der Waals surface area contributed by atoms with Gasteiger partial charge in [0.1, 0.15) is 0 Å². The minimum atomic E-state index is -3.80. The van der Waals surface area contributed by atoms with Crippen molar-refractivity contribution in [3.05, 3.63) is 47.5 Å².